The lowest BCUT2D eigenvalue weighted by molar-refractivity contribution is -0.274. The van der Waals surface area contributed by atoms with Gasteiger partial charge in [0.05, 0.1) is 0 Å². The maximum Gasteiger partial charge on any atom is 0.573 e. The molecule has 0 saturated carbocycles. The highest BCUT2D eigenvalue weighted by Crippen LogP contribution is 2.28. The molecule has 1 aromatic carbocycles. The highest BCUT2D eigenvalue weighted by atomic mass is 19.4. The third-order valence-corrected chi connectivity index (χ3v) is 1.91. The Morgan fingerprint density at radius 3 is 1.79 bits per heavy atom. The first-order chi connectivity index (χ1) is 8.62. The van der Waals surface area contributed by atoms with Crippen LogP contribution in [0.15, 0.2) is 24.3 Å². The molecule has 0 aliphatic rings. The Hall–Kier alpha value is -1.64. The average Bonchev–Trinajstić information content (AvgIpc) is 2.24. The molecule has 0 radical (unpaired) electrons. The molecule has 1 unspecified atom stereocenters. The molecule has 1 atom stereocenters. The summed E-state index contributed by atoms with van der Waals surface area (Å²) in [7, 11) is 0. The van der Waals surface area contributed by atoms with Gasteiger partial charge in [0.25, 0.3) is 0 Å². The molecule has 0 saturated heterocycles. The van der Waals surface area contributed by atoms with E-state index in [0.717, 1.165) is 24.3 Å². The Balaban J connectivity index is 2.71. The van der Waals surface area contributed by atoms with E-state index in [-0.39, 0.29) is 5.75 Å². The van der Waals surface area contributed by atoms with Crippen LogP contribution in [0.4, 0.5) is 26.3 Å². The predicted molar refractivity (Wildman–Crippen MR) is 52.7 cm³/mol. The Morgan fingerprint density at radius 2 is 1.42 bits per heavy atom. The molecule has 0 bridgehead atoms. The normalized spacial score (nSPS) is 14.1. The summed E-state index contributed by atoms with van der Waals surface area (Å²) >= 11 is 0. The van der Waals surface area contributed by atoms with Crippen molar-refractivity contribution in [2.75, 3.05) is 6.54 Å². The monoisotopic (exact) mass is 289 g/mol. The smallest absolute Gasteiger partial charge is 0.480 e. The molecule has 19 heavy (non-hydrogen) atoms. The fourth-order valence-electron chi connectivity index (χ4n) is 1.13. The summed E-state index contributed by atoms with van der Waals surface area (Å²) in [5, 5.41) is 0. The van der Waals surface area contributed by atoms with Gasteiger partial charge in [0.15, 0.2) is 0 Å². The Kier molecular flexibility index (Phi) is 4.51. The summed E-state index contributed by atoms with van der Waals surface area (Å²) in [6, 6.07) is 3.53. The van der Waals surface area contributed by atoms with E-state index in [1.165, 1.54) is 0 Å². The molecule has 1 rings (SSSR count). The fraction of sp³-hybridized carbons (Fsp3) is 0.400. The van der Waals surface area contributed by atoms with Crippen LogP contribution in [0.3, 0.4) is 0 Å². The molecular formula is C10H9F6NO2. The summed E-state index contributed by atoms with van der Waals surface area (Å²) in [5.41, 5.74) is 4.90. The Labute approximate surface area is 103 Å². The number of benzene rings is 1. The second-order valence-electron chi connectivity index (χ2n) is 3.40. The maximum atomic E-state index is 12.3. The van der Waals surface area contributed by atoms with Crippen molar-refractivity contribution in [3.05, 3.63) is 24.3 Å². The number of rotatable bonds is 4. The molecule has 0 aromatic heterocycles. The third-order valence-electron chi connectivity index (χ3n) is 1.91. The SMILES string of the molecule is NCC(Oc1ccc(OC(F)(F)F)cc1)C(F)(F)F. The fourth-order valence-corrected chi connectivity index (χ4v) is 1.13. The largest absolute Gasteiger partial charge is 0.573 e. The lowest BCUT2D eigenvalue weighted by atomic mass is 10.3. The average molecular weight is 289 g/mol. The van der Waals surface area contributed by atoms with E-state index < -0.39 is 30.9 Å². The van der Waals surface area contributed by atoms with Gasteiger partial charge < -0.3 is 15.2 Å². The number of alkyl halides is 6. The van der Waals surface area contributed by atoms with Crippen LogP contribution in [0.1, 0.15) is 0 Å². The van der Waals surface area contributed by atoms with Gasteiger partial charge in [-0.15, -0.1) is 13.2 Å². The quantitative estimate of drug-likeness (QED) is 0.867. The second kappa shape index (κ2) is 5.55. The first-order valence-electron chi connectivity index (χ1n) is 4.91. The van der Waals surface area contributed by atoms with Gasteiger partial charge in [-0.25, -0.2) is 0 Å². The van der Waals surface area contributed by atoms with Crippen molar-refractivity contribution in [3.63, 3.8) is 0 Å². The zero-order chi connectivity index (χ0) is 14.7. The summed E-state index contributed by atoms with van der Waals surface area (Å²) in [5.74, 6) is -0.821. The van der Waals surface area contributed by atoms with Crippen LogP contribution in [0, 0.1) is 0 Å². The van der Waals surface area contributed by atoms with Gasteiger partial charge in [-0.05, 0) is 24.3 Å². The summed E-state index contributed by atoms with van der Waals surface area (Å²) in [6.07, 6.45) is -11.7. The van der Waals surface area contributed by atoms with Crippen molar-refractivity contribution in [2.24, 2.45) is 5.73 Å². The first kappa shape index (κ1) is 15.4. The van der Waals surface area contributed by atoms with Crippen LogP contribution in [0.25, 0.3) is 0 Å². The zero-order valence-electron chi connectivity index (χ0n) is 9.26. The molecule has 0 aliphatic heterocycles. The van der Waals surface area contributed by atoms with Crippen molar-refractivity contribution < 1.29 is 35.8 Å². The maximum absolute atomic E-state index is 12.3. The standard InChI is InChI=1S/C10H9F6NO2/c11-9(12,13)8(5-17)18-6-1-3-7(4-2-6)19-10(14,15)16/h1-4,8H,5,17H2. The number of nitrogens with two attached hydrogens (primary N) is 1. The van der Waals surface area contributed by atoms with Gasteiger partial charge in [0.1, 0.15) is 11.5 Å². The molecule has 0 amide bonds. The summed E-state index contributed by atoms with van der Waals surface area (Å²) in [4.78, 5) is 0. The van der Waals surface area contributed by atoms with Gasteiger partial charge in [-0.2, -0.15) is 13.2 Å². The van der Waals surface area contributed by atoms with Crippen molar-refractivity contribution >= 4 is 0 Å². The number of hydrogen-bond acceptors (Lipinski definition) is 3. The van der Waals surface area contributed by atoms with Crippen molar-refractivity contribution in [2.45, 2.75) is 18.6 Å². The van der Waals surface area contributed by atoms with Crippen LogP contribution in [-0.2, 0) is 0 Å². The molecule has 0 aliphatic carbocycles. The second-order valence-corrected chi connectivity index (χ2v) is 3.40. The molecule has 2 N–H and O–H groups in total. The van der Waals surface area contributed by atoms with E-state index in [1.807, 2.05) is 0 Å². The predicted octanol–water partition coefficient (Wildman–Crippen LogP) is 2.85. The molecule has 1 aromatic rings. The Bertz CT molecular complexity index is 400. The van der Waals surface area contributed by atoms with Crippen LogP contribution in [-0.4, -0.2) is 25.2 Å². The summed E-state index contributed by atoms with van der Waals surface area (Å²) < 4.78 is 80.6. The van der Waals surface area contributed by atoms with Gasteiger partial charge in [0, 0.05) is 6.54 Å². The minimum Gasteiger partial charge on any atom is -0.480 e. The molecule has 108 valence electrons. The van der Waals surface area contributed by atoms with E-state index >= 15 is 0 Å². The molecule has 3 nitrogen and oxygen atoms in total. The summed E-state index contributed by atoms with van der Waals surface area (Å²) in [6.45, 7) is -0.801. The topological polar surface area (TPSA) is 44.5 Å². The highest BCUT2D eigenvalue weighted by Gasteiger charge is 2.40. The van der Waals surface area contributed by atoms with Crippen LogP contribution in [0.5, 0.6) is 11.5 Å². The molecule has 0 fully saturated rings. The molecular weight excluding hydrogens is 280 g/mol. The van der Waals surface area contributed by atoms with E-state index in [9.17, 15) is 26.3 Å². The van der Waals surface area contributed by atoms with Gasteiger partial charge in [-0.1, -0.05) is 0 Å². The minimum absolute atomic E-state index is 0.262. The van der Waals surface area contributed by atoms with Crippen LogP contribution in [0.2, 0.25) is 0 Å². The first-order valence-corrected chi connectivity index (χ1v) is 4.91. The van der Waals surface area contributed by atoms with E-state index in [1.54, 1.807) is 0 Å². The zero-order valence-corrected chi connectivity index (χ0v) is 9.26. The number of hydrogen-bond donors (Lipinski definition) is 1. The van der Waals surface area contributed by atoms with Gasteiger partial charge in [-0.3, -0.25) is 0 Å². The molecule has 0 spiro atoms. The lowest BCUT2D eigenvalue weighted by Gasteiger charge is -2.20. The van der Waals surface area contributed by atoms with Crippen LogP contribution >= 0.6 is 0 Å². The van der Waals surface area contributed by atoms with E-state index in [2.05, 4.69) is 9.47 Å². The highest BCUT2D eigenvalue weighted by molar-refractivity contribution is 5.31. The van der Waals surface area contributed by atoms with Crippen LogP contribution < -0.4 is 15.2 Å². The Morgan fingerprint density at radius 1 is 0.947 bits per heavy atom. The van der Waals surface area contributed by atoms with Crippen molar-refractivity contribution in [1.82, 2.24) is 0 Å². The van der Waals surface area contributed by atoms with Gasteiger partial charge in [0.2, 0.25) is 6.10 Å². The number of ether oxygens (including phenoxy) is 2. The van der Waals surface area contributed by atoms with Gasteiger partial charge >= 0.3 is 12.5 Å². The molecule has 9 heteroatoms. The van der Waals surface area contributed by atoms with E-state index in [0.29, 0.717) is 0 Å². The van der Waals surface area contributed by atoms with Crippen molar-refractivity contribution in [1.29, 1.82) is 0 Å². The van der Waals surface area contributed by atoms with Crippen molar-refractivity contribution in [3.8, 4) is 11.5 Å². The minimum atomic E-state index is -4.87. The molecule has 0 heterocycles. The number of halogens is 6. The van der Waals surface area contributed by atoms with E-state index in [4.69, 9.17) is 5.73 Å². The third kappa shape index (κ3) is 5.25. The lowest BCUT2D eigenvalue weighted by Crippen LogP contribution is -2.40.